The van der Waals surface area contributed by atoms with Gasteiger partial charge in [0, 0.05) is 6.54 Å². The molecule has 0 spiro atoms. The van der Waals surface area contributed by atoms with Crippen LogP contribution in [0.4, 0.5) is 4.79 Å². The molecule has 0 heterocycles. The van der Waals surface area contributed by atoms with Crippen LogP contribution in [0, 0.1) is 11.8 Å². The van der Waals surface area contributed by atoms with Crippen LogP contribution in [0.2, 0.25) is 0 Å². The van der Waals surface area contributed by atoms with Crippen LogP contribution in [-0.2, 0) is 4.79 Å². The maximum Gasteiger partial charge on any atom is 0.326 e. The van der Waals surface area contributed by atoms with Crippen molar-refractivity contribution in [1.82, 2.24) is 10.6 Å². The van der Waals surface area contributed by atoms with Crippen molar-refractivity contribution in [3.8, 4) is 0 Å². The van der Waals surface area contributed by atoms with E-state index in [0.717, 1.165) is 12.8 Å². The molecule has 0 aromatic carbocycles. The van der Waals surface area contributed by atoms with Crippen molar-refractivity contribution in [3.05, 3.63) is 0 Å². The summed E-state index contributed by atoms with van der Waals surface area (Å²) in [5.74, 6) is -0.552. The van der Waals surface area contributed by atoms with Crippen LogP contribution in [0.3, 0.4) is 0 Å². The van der Waals surface area contributed by atoms with Gasteiger partial charge < -0.3 is 15.7 Å². The summed E-state index contributed by atoms with van der Waals surface area (Å²) in [7, 11) is 0. The predicted octanol–water partition coefficient (Wildman–Crippen LogP) is 1.58. The third-order valence-corrected chi connectivity index (χ3v) is 3.25. The highest BCUT2D eigenvalue weighted by Gasteiger charge is 2.23. The molecule has 0 radical (unpaired) electrons. The van der Waals surface area contributed by atoms with Crippen LogP contribution < -0.4 is 10.6 Å². The second-order valence-corrected chi connectivity index (χ2v) is 5.06. The van der Waals surface area contributed by atoms with Gasteiger partial charge in [-0.1, -0.05) is 26.7 Å². The number of urea groups is 1. The number of carbonyl (C=O) groups excluding carboxylic acids is 1. The molecule has 1 rings (SSSR count). The minimum absolute atomic E-state index is 0.121. The lowest BCUT2D eigenvalue weighted by atomic mass is 10.1. The van der Waals surface area contributed by atoms with Gasteiger partial charge in [0.25, 0.3) is 0 Å². The van der Waals surface area contributed by atoms with Gasteiger partial charge in [0.2, 0.25) is 0 Å². The zero-order valence-corrected chi connectivity index (χ0v) is 10.5. The number of nitrogens with one attached hydrogen (secondary N) is 2. The molecule has 2 amide bonds. The average molecular weight is 242 g/mol. The minimum Gasteiger partial charge on any atom is -0.480 e. The number of carbonyl (C=O) groups is 2. The Bertz CT molecular complexity index is 273. The summed E-state index contributed by atoms with van der Waals surface area (Å²) in [6.45, 7) is 4.20. The topological polar surface area (TPSA) is 78.4 Å². The van der Waals surface area contributed by atoms with E-state index in [2.05, 4.69) is 10.6 Å². The summed E-state index contributed by atoms with van der Waals surface area (Å²) in [6.07, 6.45) is 4.79. The molecule has 0 aliphatic heterocycles. The number of rotatable bonds is 5. The maximum absolute atomic E-state index is 11.5. The fraction of sp³-hybridized carbons (Fsp3) is 0.833. The molecule has 5 nitrogen and oxygen atoms in total. The number of hydrogen-bond acceptors (Lipinski definition) is 2. The second-order valence-electron chi connectivity index (χ2n) is 5.06. The number of carboxylic acids is 1. The van der Waals surface area contributed by atoms with Crippen LogP contribution in [-0.4, -0.2) is 29.7 Å². The second kappa shape index (κ2) is 6.47. The van der Waals surface area contributed by atoms with E-state index in [4.69, 9.17) is 5.11 Å². The molecule has 1 aliphatic rings. The van der Waals surface area contributed by atoms with Crippen LogP contribution in [0.15, 0.2) is 0 Å². The molecular weight excluding hydrogens is 220 g/mol. The first-order chi connectivity index (χ1) is 8.00. The number of amides is 2. The number of hydrogen-bond donors (Lipinski definition) is 3. The smallest absolute Gasteiger partial charge is 0.326 e. The van der Waals surface area contributed by atoms with Crippen LogP contribution in [0.25, 0.3) is 0 Å². The highest BCUT2D eigenvalue weighted by atomic mass is 16.4. The first kappa shape index (κ1) is 13.8. The van der Waals surface area contributed by atoms with Crippen LogP contribution in [0.1, 0.15) is 39.5 Å². The van der Waals surface area contributed by atoms with E-state index in [1.54, 1.807) is 13.8 Å². The van der Waals surface area contributed by atoms with Crippen molar-refractivity contribution >= 4 is 12.0 Å². The fourth-order valence-corrected chi connectivity index (χ4v) is 2.16. The van der Waals surface area contributed by atoms with E-state index in [1.165, 1.54) is 12.8 Å². The van der Waals surface area contributed by atoms with Crippen molar-refractivity contribution in [2.45, 2.75) is 45.6 Å². The van der Waals surface area contributed by atoms with E-state index >= 15 is 0 Å². The van der Waals surface area contributed by atoms with Crippen molar-refractivity contribution < 1.29 is 14.7 Å². The fourth-order valence-electron chi connectivity index (χ4n) is 2.16. The van der Waals surface area contributed by atoms with Gasteiger partial charge in [-0.25, -0.2) is 9.59 Å². The van der Waals surface area contributed by atoms with Crippen LogP contribution in [0.5, 0.6) is 0 Å². The SMILES string of the molecule is CC(C)[C@H](NC(=O)NCC1CCCC1)C(=O)O. The summed E-state index contributed by atoms with van der Waals surface area (Å²) >= 11 is 0. The van der Waals surface area contributed by atoms with E-state index in [1.807, 2.05) is 0 Å². The Labute approximate surface area is 102 Å². The van der Waals surface area contributed by atoms with E-state index in [0.29, 0.717) is 12.5 Å². The zero-order valence-electron chi connectivity index (χ0n) is 10.5. The Balaban J connectivity index is 2.29. The van der Waals surface area contributed by atoms with Gasteiger partial charge in [-0.05, 0) is 24.7 Å². The molecule has 1 atom stereocenters. The molecule has 98 valence electrons. The van der Waals surface area contributed by atoms with E-state index < -0.39 is 12.0 Å². The summed E-state index contributed by atoms with van der Waals surface area (Å²) in [5, 5.41) is 14.2. The van der Waals surface area contributed by atoms with Crippen molar-refractivity contribution in [2.24, 2.45) is 11.8 Å². The van der Waals surface area contributed by atoms with E-state index in [-0.39, 0.29) is 11.9 Å². The Hall–Kier alpha value is -1.26. The molecule has 5 heteroatoms. The molecular formula is C12H22N2O3. The Morgan fingerprint density at radius 2 is 1.88 bits per heavy atom. The zero-order chi connectivity index (χ0) is 12.8. The van der Waals surface area contributed by atoms with Gasteiger partial charge in [0.15, 0.2) is 0 Å². The van der Waals surface area contributed by atoms with Crippen molar-refractivity contribution in [3.63, 3.8) is 0 Å². The minimum atomic E-state index is -0.990. The molecule has 0 saturated heterocycles. The van der Waals surface area contributed by atoms with Crippen LogP contribution >= 0.6 is 0 Å². The third-order valence-electron chi connectivity index (χ3n) is 3.25. The Morgan fingerprint density at radius 1 is 1.29 bits per heavy atom. The van der Waals surface area contributed by atoms with Gasteiger partial charge in [0.1, 0.15) is 6.04 Å². The molecule has 1 aliphatic carbocycles. The average Bonchev–Trinajstić information content (AvgIpc) is 2.74. The quantitative estimate of drug-likeness (QED) is 0.685. The lowest BCUT2D eigenvalue weighted by Crippen LogP contribution is -2.49. The van der Waals surface area contributed by atoms with Gasteiger partial charge in [-0.15, -0.1) is 0 Å². The van der Waals surface area contributed by atoms with Gasteiger partial charge in [0.05, 0.1) is 0 Å². The van der Waals surface area contributed by atoms with Gasteiger partial charge in [-0.3, -0.25) is 0 Å². The molecule has 0 bridgehead atoms. The lowest BCUT2D eigenvalue weighted by Gasteiger charge is -2.19. The van der Waals surface area contributed by atoms with Gasteiger partial charge in [-0.2, -0.15) is 0 Å². The third kappa shape index (κ3) is 4.63. The highest BCUT2D eigenvalue weighted by molar-refractivity contribution is 5.82. The lowest BCUT2D eigenvalue weighted by molar-refractivity contribution is -0.140. The molecule has 1 fully saturated rings. The van der Waals surface area contributed by atoms with Crippen molar-refractivity contribution in [2.75, 3.05) is 6.54 Å². The van der Waals surface area contributed by atoms with Gasteiger partial charge >= 0.3 is 12.0 Å². The molecule has 1 saturated carbocycles. The molecule has 17 heavy (non-hydrogen) atoms. The molecule has 3 N–H and O–H groups in total. The molecule has 0 aromatic rings. The predicted molar refractivity (Wildman–Crippen MR) is 64.8 cm³/mol. The highest BCUT2D eigenvalue weighted by Crippen LogP contribution is 2.23. The summed E-state index contributed by atoms with van der Waals surface area (Å²) < 4.78 is 0. The summed E-state index contributed by atoms with van der Waals surface area (Å²) in [6, 6.07) is -1.20. The standard InChI is InChI=1S/C12H22N2O3/c1-8(2)10(11(15)16)14-12(17)13-7-9-5-3-4-6-9/h8-10H,3-7H2,1-2H3,(H,15,16)(H2,13,14,17)/t10-/m0/s1. The Morgan fingerprint density at radius 3 is 2.35 bits per heavy atom. The first-order valence-electron chi connectivity index (χ1n) is 6.28. The summed E-state index contributed by atoms with van der Waals surface area (Å²) in [5.41, 5.74) is 0. The maximum atomic E-state index is 11.5. The first-order valence-corrected chi connectivity index (χ1v) is 6.28. The largest absolute Gasteiger partial charge is 0.480 e. The van der Waals surface area contributed by atoms with Crippen molar-refractivity contribution in [1.29, 1.82) is 0 Å². The number of carboxylic acid groups (broad SMARTS) is 1. The summed E-state index contributed by atoms with van der Waals surface area (Å²) in [4.78, 5) is 22.4. The number of aliphatic carboxylic acids is 1. The molecule has 0 aromatic heterocycles. The van der Waals surface area contributed by atoms with E-state index in [9.17, 15) is 9.59 Å². The monoisotopic (exact) mass is 242 g/mol. The Kier molecular flexibility index (Phi) is 5.25. The normalized spacial score (nSPS) is 18.1. The molecule has 0 unspecified atom stereocenters.